The van der Waals surface area contributed by atoms with Gasteiger partial charge in [-0.15, -0.1) is 0 Å². The lowest BCUT2D eigenvalue weighted by atomic mass is 10.1. The molecule has 1 aromatic rings. The number of hydrogen-bond donors (Lipinski definition) is 0. The highest BCUT2D eigenvalue weighted by Gasteiger charge is 2.31. The summed E-state index contributed by atoms with van der Waals surface area (Å²) in [5.41, 5.74) is 1.14. The number of carbonyl (C=O) groups excluding carboxylic acids is 1. The number of halogens is 1. The summed E-state index contributed by atoms with van der Waals surface area (Å²) in [6.07, 6.45) is 0.598. The predicted molar refractivity (Wildman–Crippen MR) is 70.5 cm³/mol. The maximum absolute atomic E-state index is 11.8. The molecule has 92 valence electrons. The molecular formula is C13H16BrNO2. The third kappa shape index (κ3) is 2.63. The SMILES string of the molecule is COc1ccc([C@H](C)N2CC(Br)CC2=O)cc1. The Labute approximate surface area is 110 Å². The summed E-state index contributed by atoms with van der Waals surface area (Å²) in [5, 5.41) is 0. The summed E-state index contributed by atoms with van der Waals surface area (Å²) in [7, 11) is 1.65. The van der Waals surface area contributed by atoms with Gasteiger partial charge in [0, 0.05) is 17.8 Å². The first-order valence-electron chi connectivity index (χ1n) is 5.69. The summed E-state index contributed by atoms with van der Waals surface area (Å²) >= 11 is 3.50. The zero-order valence-corrected chi connectivity index (χ0v) is 11.6. The summed E-state index contributed by atoms with van der Waals surface area (Å²) in [6, 6.07) is 8.00. The van der Waals surface area contributed by atoms with E-state index in [0.717, 1.165) is 17.9 Å². The first-order chi connectivity index (χ1) is 8.11. The molecule has 1 heterocycles. The molecule has 3 nitrogen and oxygen atoms in total. The topological polar surface area (TPSA) is 29.5 Å². The Morgan fingerprint density at radius 1 is 1.41 bits per heavy atom. The summed E-state index contributed by atoms with van der Waals surface area (Å²) in [5.74, 6) is 1.06. The number of hydrogen-bond acceptors (Lipinski definition) is 2. The number of benzene rings is 1. The summed E-state index contributed by atoms with van der Waals surface area (Å²) in [6.45, 7) is 2.84. The molecule has 2 rings (SSSR count). The molecule has 1 amide bonds. The molecule has 4 heteroatoms. The second kappa shape index (κ2) is 5.08. The second-order valence-corrected chi connectivity index (χ2v) is 5.59. The van der Waals surface area contributed by atoms with Gasteiger partial charge in [0.25, 0.3) is 0 Å². The van der Waals surface area contributed by atoms with Crippen molar-refractivity contribution in [1.29, 1.82) is 0 Å². The van der Waals surface area contributed by atoms with Crippen molar-refractivity contribution in [3.8, 4) is 5.75 Å². The molecule has 0 N–H and O–H groups in total. The number of likely N-dealkylation sites (tertiary alicyclic amines) is 1. The van der Waals surface area contributed by atoms with Gasteiger partial charge in [-0.25, -0.2) is 0 Å². The van der Waals surface area contributed by atoms with Gasteiger partial charge < -0.3 is 9.64 Å². The Balaban J connectivity index is 2.13. The average Bonchev–Trinajstić information content (AvgIpc) is 2.68. The van der Waals surface area contributed by atoms with Gasteiger partial charge in [-0.3, -0.25) is 4.79 Å². The number of rotatable bonds is 3. The minimum absolute atomic E-state index is 0.121. The molecule has 0 spiro atoms. The third-order valence-electron chi connectivity index (χ3n) is 3.18. The minimum atomic E-state index is 0.121. The van der Waals surface area contributed by atoms with Crippen LogP contribution >= 0.6 is 15.9 Å². The van der Waals surface area contributed by atoms with Gasteiger partial charge in [-0.05, 0) is 24.6 Å². The van der Waals surface area contributed by atoms with Crippen LogP contribution in [0.4, 0.5) is 0 Å². The van der Waals surface area contributed by atoms with Crippen molar-refractivity contribution in [2.75, 3.05) is 13.7 Å². The fourth-order valence-electron chi connectivity index (χ4n) is 2.12. The Morgan fingerprint density at radius 2 is 2.06 bits per heavy atom. The molecule has 2 atom stereocenters. The highest BCUT2D eigenvalue weighted by Crippen LogP contribution is 2.29. The number of alkyl halides is 1. The standard InChI is InChI=1S/C13H16BrNO2/c1-9(15-8-11(14)7-13(15)16)10-3-5-12(17-2)6-4-10/h3-6,9,11H,7-8H2,1-2H3/t9-,11?/m0/s1. The van der Waals surface area contributed by atoms with E-state index < -0.39 is 0 Å². The number of amides is 1. The van der Waals surface area contributed by atoms with E-state index in [1.165, 1.54) is 0 Å². The van der Waals surface area contributed by atoms with Crippen molar-refractivity contribution in [1.82, 2.24) is 4.90 Å². The number of carbonyl (C=O) groups is 1. The molecule has 0 aromatic heterocycles. The lowest BCUT2D eigenvalue weighted by molar-refractivity contribution is -0.129. The maximum atomic E-state index is 11.8. The fraction of sp³-hybridized carbons (Fsp3) is 0.462. The maximum Gasteiger partial charge on any atom is 0.224 e. The van der Waals surface area contributed by atoms with Crippen molar-refractivity contribution in [2.45, 2.75) is 24.2 Å². The van der Waals surface area contributed by atoms with Crippen LogP contribution in [0.3, 0.4) is 0 Å². The minimum Gasteiger partial charge on any atom is -0.497 e. The van der Waals surface area contributed by atoms with Crippen LogP contribution in [0.15, 0.2) is 24.3 Å². The van der Waals surface area contributed by atoms with E-state index in [9.17, 15) is 4.79 Å². The van der Waals surface area contributed by atoms with E-state index in [0.29, 0.717) is 6.42 Å². The van der Waals surface area contributed by atoms with E-state index >= 15 is 0 Å². The highest BCUT2D eigenvalue weighted by molar-refractivity contribution is 9.09. The molecule has 0 saturated carbocycles. The molecule has 1 aromatic carbocycles. The van der Waals surface area contributed by atoms with Crippen LogP contribution in [-0.4, -0.2) is 29.3 Å². The van der Waals surface area contributed by atoms with Crippen molar-refractivity contribution in [3.05, 3.63) is 29.8 Å². The molecule has 0 radical (unpaired) electrons. The van der Waals surface area contributed by atoms with E-state index in [-0.39, 0.29) is 16.8 Å². The van der Waals surface area contributed by atoms with E-state index in [4.69, 9.17) is 4.74 Å². The van der Waals surface area contributed by atoms with Gasteiger partial charge in [0.1, 0.15) is 5.75 Å². The van der Waals surface area contributed by atoms with Crippen LogP contribution < -0.4 is 4.74 Å². The number of methoxy groups -OCH3 is 1. The Bertz CT molecular complexity index is 404. The van der Waals surface area contributed by atoms with Gasteiger partial charge >= 0.3 is 0 Å². The van der Waals surface area contributed by atoms with Crippen molar-refractivity contribution >= 4 is 21.8 Å². The normalized spacial score (nSPS) is 21.7. The van der Waals surface area contributed by atoms with E-state index in [1.807, 2.05) is 29.2 Å². The number of nitrogens with zero attached hydrogens (tertiary/aromatic N) is 1. The van der Waals surface area contributed by atoms with Crippen molar-refractivity contribution in [3.63, 3.8) is 0 Å². The van der Waals surface area contributed by atoms with Crippen LogP contribution in [0.5, 0.6) is 5.75 Å². The van der Waals surface area contributed by atoms with Gasteiger partial charge in [-0.2, -0.15) is 0 Å². The Morgan fingerprint density at radius 3 is 2.53 bits per heavy atom. The molecule has 0 aliphatic carbocycles. The number of ether oxygens (including phenoxy) is 1. The highest BCUT2D eigenvalue weighted by atomic mass is 79.9. The predicted octanol–water partition coefficient (Wildman–Crippen LogP) is 2.75. The van der Waals surface area contributed by atoms with Crippen LogP contribution in [0.25, 0.3) is 0 Å². The quantitative estimate of drug-likeness (QED) is 0.803. The zero-order valence-electron chi connectivity index (χ0n) is 10.0. The first kappa shape index (κ1) is 12.4. The Kier molecular flexibility index (Phi) is 3.72. The van der Waals surface area contributed by atoms with Crippen LogP contribution in [0.2, 0.25) is 0 Å². The summed E-state index contributed by atoms with van der Waals surface area (Å²) < 4.78 is 5.12. The summed E-state index contributed by atoms with van der Waals surface area (Å²) in [4.78, 5) is 14.0. The molecule has 1 aliphatic heterocycles. The zero-order chi connectivity index (χ0) is 12.4. The molecule has 1 aliphatic rings. The molecular weight excluding hydrogens is 282 g/mol. The van der Waals surface area contributed by atoms with Crippen LogP contribution in [-0.2, 0) is 4.79 Å². The lowest BCUT2D eigenvalue weighted by Gasteiger charge is -2.24. The van der Waals surface area contributed by atoms with Crippen LogP contribution in [0.1, 0.15) is 24.9 Å². The van der Waals surface area contributed by atoms with Gasteiger partial charge in [0.15, 0.2) is 0 Å². The van der Waals surface area contributed by atoms with E-state index in [1.54, 1.807) is 7.11 Å². The van der Waals surface area contributed by atoms with Gasteiger partial charge in [0.2, 0.25) is 5.91 Å². The molecule has 1 fully saturated rings. The van der Waals surface area contributed by atoms with Crippen LogP contribution in [0, 0.1) is 0 Å². The average molecular weight is 298 g/mol. The third-order valence-corrected chi connectivity index (χ3v) is 3.79. The molecule has 1 saturated heterocycles. The van der Waals surface area contributed by atoms with Gasteiger partial charge in [0.05, 0.1) is 13.2 Å². The Hall–Kier alpha value is -1.03. The molecule has 17 heavy (non-hydrogen) atoms. The molecule has 0 bridgehead atoms. The first-order valence-corrected chi connectivity index (χ1v) is 6.61. The van der Waals surface area contributed by atoms with Gasteiger partial charge in [-0.1, -0.05) is 28.1 Å². The van der Waals surface area contributed by atoms with Crippen molar-refractivity contribution < 1.29 is 9.53 Å². The van der Waals surface area contributed by atoms with E-state index in [2.05, 4.69) is 22.9 Å². The fourth-order valence-corrected chi connectivity index (χ4v) is 2.71. The largest absolute Gasteiger partial charge is 0.497 e. The monoisotopic (exact) mass is 297 g/mol. The second-order valence-electron chi connectivity index (χ2n) is 4.30. The lowest BCUT2D eigenvalue weighted by Crippen LogP contribution is -2.28. The van der Waals surface area contributed by atoms with Crippen molar-refractivity contribution in [2.24, 2.45) is 0 Å². The smallest absolute Gasteiger partial charge is 0.224 e. The molecule has 1 unspecified atom stereocenters.